The third-order valence-corrected chi connectivity index (χ3v) is 7.92. The van der Waals surface area contributed by atoms with Crippen LogP contribution in [-0.2, 0) is 12.7 Å². The molecule has 242 valence electrons. The van der Waals surface area contributed by atoms with Gasteiger partial charge in [0, 0.05) is 36.4 Å². The number of hydrogen-bond acceptors (Lipinski definition) is 7. The quantitative estimate of drug-likeness (QED) is 0.184. The van der Waals surface area contributed by atoms with Crippen LogP contribution in [0.5, 0.6) is 5.75 Å². The van der Waals surface area contributed by atoms with Crippen molar-refractivity contribution in [3.63, 3.8) is 0 Å². The van der Waals surface area contributed by atoms with E-state index in [0.717, 1.165) is 24.2 Å². The van der Waals surface area contributed by atoms with E-state index >= 15 is 0 Å². The first kappa shape index (κ1) is 32.7. The van der Waals surface area contributed by atoms with Crippen molar-refractivity contribution in [2.24, 2.45) is 0 Å². The number of carbonyl (C=O) groups excluding carboxylic acids is 2. The van der Waals surface area contributed by atoms with Gasteiger partial charge in [-0.3, -0.25) is 9.59 Å². The summed E-state index contributed by atoms with van der Waals surface area (Å²) in [6.45, 7) is 5.99. The summed E-state index contributed by atoms with van der Waals surface area (Å²) in [4.78, 5) is 37.5. The van der Waals surface area contributed by atoms with Gasteiger partial charge < -0.3 is 25.1 Å². The lowest BCUT2D eigenvalue weighted by molar-refractivity contribution is -0.137. The van der Waals surface area contributed by atoms with Crippen LogP contribution in [0.3, 0.4) is 0 Å². The third kappa shape index (κ3) is 7.92. The predicted octanol–water partition coefficient (Wildman–Crippen LogP) is 6.43. The average Bonchev–Trinajstić information content (AvgIpc) is 3.67. The number of amides is 2. The average molecular weight is 636 g/mol. The summed E-state index contributed by atoms with van der Waals surface area (Å²) in [6, 6.07) is 13.6. The molecule has 12 heteroatoms. The Morgan fingerprint density at radius 3 is 2.57 bits per heavy atom. The van der Waals surface area contributed by atoms with Crippen LogP contribution in [0.1, 0.15) is 93.1 Å². The second-order valence-corrected chi connectivity index (χ2v) is 11.7. The smallest absolute Gasteiger partial charge is 0.416 e. The molecule has 1 aliphatic rings. The molecule has 0 spiro atoms. The van der Waals surface area contributed by atoms with E-state index in [4.69, 9.17) is 4.42 Å². The molecule has 1 aliphatic heterocycles. The highest BCUT2D eigenvalue weighted by atomic mass is 19.4. The van der Waals surface area contributed by atoms with E-state index in [1.54, 1.807) is 48.4 Å². The van der Waals surface area contributed by atoms with Crippen molar-refractivity contribution in [3.8, 4) is 5.75 Å². The Labute approximate surface area is 264 Å². The molecular weight excluding hydrogens is 599 g/mol. The van der Waals surface area contributed by atoms with Gasteiger partial charge in [0.1, 0.15) is 23.7 Å². The summed E-state index contributed by atoms with van der Waals surface area (Å²) in [5, 5.41) is 16.3. The van der Waals surface area contributed by atoms with Gasteiger partial charge >= 0.3 is 6.18 Å². The normalized spacial score (nSPS) is 16.3. The molecule has 1 unspecified atom stereocenters. The predicted molar refractivity (Wildman–Crippen MR) is 164 cm³/mol. The second-order valence-electron chi connectivity index (χ2n) is 11.7. The van der Waals surface area contributed by atoms with Gasteiger partial charge in [0.15, 0.2) is 0 Å². The van der Waals surface area contributed by atoms with Gasteiger partial charge in [-0.1, -0.05) is 30.3 Å². The summed E-state index contributed by atoms with van der Waals surface area (Å²) in [6.07, 6.45) is -1.05. The maximum Gasteiger partial charge on any atom is 0.416 e. The molecule has 2 aromatic carbocycles. The number of phenolic OH excluding ortho intramolecular Hbond substituents is 1. The highest BCUT2D eigenvalue weighted by Crippen LogP contribution is 2.33. The highest BCUT2D eigenvalue weighted by molar-refractivity contribution is 5.99. The first-order chi connectivity index (χ1) is 21.9. The summed E-state index contributed by atoms with van der Waals surface area (Å²) >= 11 is 0. The minimum Gasteiger partial charge on any atom is -0.508 e. The van der Waals surface area contributed by atoms with E-state index < -0.39 is 29.7 Å². The maximum absolute atomic E-state index is 13.6. The van der Waals surface area contributed by atoms with Gasteiger partial charge in [-0.05, 0) is 81.5 Å². The van der Waals surface area contributed by atoms with E-state index in [2.05, 4.69) is 20.6 Å². The van der Waals surface area contributed by atoms with Crippen LogP contribution in [-0.4, -0.2) is 44.4 Å². The van der Waals surface area contributed by atoms with Crippen molar-refractivity contribution < 1.29 is 32.3 Å². The third-order valence-electron chi connectivity index (χ3n) is 7.92. The van der Waals surface area contributed by atoms with Crippen molar-refractivity contribution >= 4 is 11.8 Å². The molecule has 1 fully saturated rings. The zero-order valence-electron chi connectivity index (χ0n) is 25.8. The lowest BCUT2D eigenvalue weighted by Crippen LogP contribution is -2.36. The van der Waals surface area contributed by atoms with Gasteiger partial charge in [0.2, 0.25) is 5.89 Å². The Bertz CT molecular complexity index is 1710. The van der Waals surface area contributed by atoms with Crippen LogP contribution < -0.4 is 10.6 Å². The van der Waals surface area contributed by atoms with E-state index in [1.165, 1.54) is 18.2 Å². The number of rotatable bonds is 10. The molecule has 3 atom stereocenters. The number of aromatic hydroxyl groups is 1. The van der Waals surface area contributed by atoms with Crippen molar-refractivity contribution in [1.82, 2.24) is 25.5 Å². The molecule has 1 saturated heterocycles. The Hall–Kier alpha value is -4.71. The number of benzene rings is 2. The Balaban J connectivity index is 1.29. The molecule has 3 N–H and O–H groups in total. The molecule has 9 nitrogen and oxygen atoms in total. The molecule has 0 radical (unpaired) electrons. The lowest BCUT2D eigenvalue weighted by Gasteiger charge is -2.24. The fourth-order valence-electron chi connectivity index (χ4n) is 5.75. The Morgan fingerprint density at radius 1 is 1.07 bits per heavy atom. The highest BCUT2D eigenvalue weighted by Gasteiger charge is 2.35. The van der Waals surface area contributed by atoms with Gasteiger partial charge in [-0.25, -0.2) is 9.97 Å². The molecule has 46 heavy (non-hydrogen) atoms. The van der Waals surface area contributed by atoms with Gasteiger partial charge in [0.05, 0.1) is 11.3 Å². The summed E-state index contributed by atoms with van der Waals surface area (Å²) in [5.41, 5.74) is 2.07. The molecule has 2 aromatic heterocycles. The number of likely N-dealkylation sites (tertiary alicyclic amines) is 1. The molecule has 0 saturated carbocycles. The standard InChI is InChI=1S/C34H36F3N5O4/c1-20-13-25(17-29(39-20)33(45)42-12-6-11-30(42)32-41-22(3)19-46-32)31(44)40-21(2)14-28(24-8-5-10-27(43)16-24)38-18-23-7-4-9-26(15-23)34(35,36)37/h4-5,7-10,13,15-17,19,21,28,30,38,43H,6,11-12,14,18H2,1-3H3,(H,40,44)/t21-,28?,30+/m0/s1. The Morgan fingerprint density at radius 2 is 1.85 bits per heavy atom. The van der Waals surface area contributed by atoms with Crippen LogP contribution in [0, 0.1) is 13.8 Å². The number of aryl methyl sites for hydroxylation is 2. The van der Waals surface area contributed by atoms with Crippen LogP contribution in [0.15, 0.2) is 71.3 Å². The fraction of sp³-hybridized carbons (Fsp3) is 0.353. The molecule has 5 rings (SSSR count). The number of pyridine rings is 1. The largest absolute Gasteiger partial charge is 0.508 e. The number of phenols is 1. The van der Waals surface area contributed by atoms with Crippen molar-refractivity contribution in [3.05, 3.63) is 112 Å². The monoisotopic (exact) mass is 635 g/mol. The number of oxazole rings is 1. The SMILES string of the molecule is Cc1cc(C(=O)N[C@@H](C)CC(NCc2cccc(C(F)(F)F)c2)c2cccc(O)c2)cc(C(=O)N2CCC[C@@H]2c2nc(C)co2)n1. The number of alkyl halides is 3. The fourth-order valence-corrected chi connectivity index (χ4v) is 5.75. The second kappa shape index (κ2) is 13.7. The zero-order valence-corrected chi connectivity index (χ0v) is 25.8. The summed E-state index contributed by atoms with van der Waals surface area (Å²) < 4.78 is 45.3. The van der Waals surface area contributed by atoms with E-state index in [1.807, 2.05) is 13.8 Å². The number of carbonyl (C=O) groups is 2. The molecule has 0 bridgehead atoms. The van der Waals surface area contributed by atoms with Crippen LogP contribution in [0.4, 0.5) is 13.2 Å². The number of nitrogens with one attached hydrogen (secondary N) is 2. The van der Waals surface area contributed by atoms with Crippen molar-refractivity contribution in [2.75, 3.05) is 6.54 Å². The van der Waals surface area contributed by atoms with Crippen LogP contribution >= 0.6 is 0 Å². The van der Waals surface area contributed by atoms with E-state index in [-0.39, 0.29) is 35.5 Å². The molecule has 3 heterocycles. The minimum atomic E-state index is -4.46. The topological polar surface area (TPSA) is 121 Å². The van der Waals surface area contributed by atoms with Crippen LogP contribution in [0.2, 0.25) is 0 Å². The first-order valence-corrected chi connectivity index (χ1v) is 15.1. The summed E-state index contributed by atoms with van der Waals surface area (Å²) in [7, 11) is 0. The molecule has 2 amide bonds. The van der Waals surface area contributed by atoms with E-state index in [0.29, 0.717) is 42.1 Å². The molecule has 0 aliphatic carbocycles. The number of hydrogen-bond donors (Lipinski definition) is 3. The van der Waals surface area contributed by atoms with E-state index in [9.17, 15) is 27.9 Å². The zero-order chi connectivity index (χ0) is 33.0. The summed E-state index contributed by atoms with van der Waals surface area (Å²) in [5.74, 6) is -0.193. The number of nitrogens with zero attached hydrogens (tertiary/aromatic N) is 3. The lowest BCUT2D eigenvalue weighted by atomic mass is 9.98. The van der Waals surface area contributed by atoms with Gasteiger partial charge in [-0.2, -0.15) is 13.2 Å². The molecule has 4 aromatic rings. The van der Waals surface area contributed by atoms with Crippen molar-refractivity contribution in [1.29, 1.82) is 0 Å². The number of aromatic nitrogens is 2. The van der Waals surface area contributed by atoms with Gasteiger partial charge in [0.25, 0.3) is 11.8 Å². The van der Waals surface area contributed by atoms with Gasteiger partial charge in [-0.15, -0.1) is 0 Å². The molecular formula is C34H36F3N5O4. The van der Waals surface area contributed by atoms with Crippen molar-refractivity contribution in [2.45, 2.75) is 70.9 Å². The minimum absolute atomic E-state index is 0.0442. The number of halogens is 3. The first-order valence-electron chi connectivity index (χ1n) is 15.1. The maximum atomic E-state index is 13.6. The Kier molecular flexibility index (Phi) is 9.76. The van der Waals surface area contributed by atoms with Crippen LogP contribution in [0.25, 0.3) is 0 Å².